The van der Waals surface area contributed by atoms with E-state index >= 15 is 0 Å². The Balaban J connectivity index is 2.59. The van der Waals surface area contributed by atoms with Gasteiger partial charge in [-0.15, -0.1) is 11.3 Å². The zero-order chi connectivity index (χ0) is 10.6. The first kappa shape index (κ1) is 11.4. The van der Waals surface area contributed by atoms with Crippen LogP contribution in [0.15, 0.2) is 15.2 Å². The molecule has 5 heteroatoms. The van der Waals surface area contributed by atoms with E-state index in [4.69, 9.17) is 0 Å². The molecule has 0 aliphatic carbocycles. The summed E-state index contributed by atoms with van der Waals surface area (Å²) in [5.74, 6) is -0.688. The SMILES string of the molecule is CCOC(=O)CC(=O)c1ccsc1Br. The number of rotatable bonds is 4. The number of esters is 1. The molecule has 1 aromatic rings. The van der Waals surface area contributed by atoms with Gasteiger partial charge in [0.1, 0.15) is 6.42 Å². The molecule has 0 fully saturated rings. The van der Waals surface area contributed by atoms with Gasteiger partial charge < -0.3 is 4.74 Å². The number of halogens is 1. The molecule has 3 nitrogen and oxygen atoms in total. The molecular weight excluding hydrogens is 268 g/mol. The molecule has 0 radical (unpaired) electrons. The zero-order valence-corrected chi connectivity index (χ0v) is 9.98. The van der Waals surface area contributed by atoms with Crippen molar-refractivity contribution in [3.05, 3.63) is 20.8 Å². The van der Waals surface area contributed by atoms with Gasteiger partial charge in [-0.25, -0.2) is 0 Å². The molecule has 1 aromatic heterocycles. The van der Waals surface area contributed by atoms with E-state index in [1.165, 1.54) is 11.3 Å². The third kappa shape index (κ3) is 2.92. The van der Waals surface area contributed by atoms with Gasteiger partial charge in [0.25, 0.3) is 0 Å². The van der Waals surface area contributed by atoms with Gasteiger partial charge in [0.2, 0.25) is 0 Å². The Labute approximate surface area is 94.2 Å². The van der Waals surface area contributed by atoms with Gasteiger partial charge in [0.15, 0.2) is 5.78 Å². The third-order valence-corrected chi connectivity index (χ3v) is 3.22. The number of Topliss-reactive ketones (excluding diaryl/α,β-unsaturated/α-hetero) is 1. The van der Waals surface area contributed by atoms with Crippen molar-refractivity contribution in [3.8, 4) is 0 Å². The fourth-order valence-corrected chi connectivity index (χ4v) is 2.24. The van der Waals surface area contributed by atoms with Gasteiger partial charge >= 0.3 is 5.97 Å². The molecule has 0 N–H and O–H groups in total. The average Bonchev–Trinajstić information content (AvgIpc) is 2.51. The monoisotopic (exact) mass is 276 g/mol. The summed E-state index contributed by atoms with van der Waals surface area (Å²) in [5.41, 5.74) is 0.544. The maximum atomic E-state index is 11.5. The van der Waals surface area contributed by atoms with Crippen LogP contribution in [0.3, 0.4) is 0 Å². The number of hydrogen-bond acceptors (Lipinski definition) is 4. The maximum Gasteiger partial charge on any atom is 0.313 e. The van der Waals surface area contributed by atoms with Crippen molar-refractivity contribution < 1.29 is 14.3 Å². The Morgan fingerprint density at radius 3 is 2.79 bits per heavy atom. The Kier molecular flexibility index (Phi) is 4.28. The first-order valence-electron chi connectivity index (χ1n) is 4.07. The van der Waals surface area contributed by atoms with E-state index in [0.717, 1.165) is 3.79 Å². The van der Waals surface area contributed by atoms with Crippen LogP contribution in [0.1, 0.15) is 23.7 Å². The summed E-state index contributed by atoms with van der Waals surface area (Å²) in [6.07, 6.45) is -0.191. The predicted molar refractivity (Wildman–Crippen MR) is 57.6 cm³/mol. The van der Waals surface area contributed by atoms with Crippen LogP contribution in [0, 0.1) is 0 Å². The van der Waals surface area contributed by atoms with Crippen molar-refractivity contribution in [2.75, 3.05) is 6.61 Å². The molecule has 0 saturated carbocycles. The van der Waals surface area contributed by atoms with Crippen LogP contribution in [0.5, 0.6) is 0 Å². The molecule has 1 rings (SSSR count). The summed E-state index contributed by atoms with van der Waals surface area (Å²) in [6, 6.07) is 1.69. The van der Waals surface area contributed by atoms with Gasteiger partial charge in [0, 0.05) is 5.56 Å². The van der Waals surface area contributed by atoms with E-state index in [0.29, 0.717) is 12.2 Å². The molecule has 0 aliphatic heterocycles. The lowest BCUT2D eigenvalue weighted by atomic mass is 10.2. The topological polar surface area (TPSA) is 43.4 Å². The molecule has 14 heavy (non-hydrogen) atoms. The van der Waals surface area contributed by atoms with Crippen LogP contribution in [-0.2, 0) is 9.53 Å². The summed E-state index contributed by atoms with van der Waals surface area (Å²) in [5, 5.41) is 1.79. The van der Waals surface area contributed by atoms with Crippen LogP contribution in [0.25, 0.3) is 0 Å². The average molecular weight is 277 g/mol. The zero-order valence-electron chi connectivity index (χ0n) is 7.58. The molecule has 0 aromatic carbocycles. The minimum Gasteiger partial charge on any atom is -0.466 e. The van der Waals surface area contributed by atoms with Crippen LogP contribution < -0.4 is 0 Å². The second kappa shape index (κ2) is 5.26. The van der Waals surface area contributed by atoms with Crippen molar-refractivity contribution in [2.24, 2.45) is 0 Å². The minimum absolute atomic E-state index is 0.191. The fourth-order valence-electron chi connectivity index (χ4n) is 0.932. The molecular formula is C9H9BrO3S. The van der Waals surface area contributed by atoms with Gasteiger partial charge in [-0.1, -0.05) is 0 Å². The Morgan fingerprint density at radius 2 is 2.29 bits per heavy atom. The van der Waals surface area contributed by atoms with Crippen molar-refractivity contribution in [3.63, 3.8) is 0 Å². The Morgan fingerprint density at radius 1 is 1.57 bits per heavy atom. The third-order valence-electron chi connectivity index (χ3n) is 1.53. The van der Waals surface area contributed by atoms with Crippen molar-refractivity contribution in [1.29, 1.82) is 0 Å². The van der Waals surface area contributed by atoms with E-state index < -0.39 is 5.97 Å². The van der Waals surface area contributed by atoms with Gasteiger partial charge in [0.05, 0.1) is 10.4 Å². The van der Waals surface area contributed by atoms with Gasteiger partial charge in [-0.3, -0.25) is 9.59 Å². The number of thiophene rings is 1. The van der Waals surface area contributed by atoms with E-state index in [-0.39, 0.29) is 12.2 Å². The molecule has 0 unspecified atom stereocenters. The smallest absolute Gasteiger partial charge is 0.313 e. The molecule has 0 atom stereocenters. The number of ether oxygens (including phenoxy) is 1. The van der Waals surface area contributed by atoms with E-state index in [1.807, 2.05) is 0 Å². The van der Waals surface area contributed by atoms with E-state index in [2.05, 4.69) is 20.7 Å². The number of hydrogen-bond donors (Lipinski definition) is 0. The highest BCUT2D eigenvalue weighted by Crippen LogP contribution is 2.24. The van der Waals surface area contributed by atoms with E-state index in [9.17, 15) is 9.59 Å². The molecule has 0 bridgehead atoms. The van der Waals surface area contributed by atoms with Crippen LogP contribution in [0.4, 0.5) is 0 Å². The molecule has 0 spiro atoms. The molecule has 1 heterocycles. The lowest BCUT2D eigenvalue weighted by molar-refractivity contribution is -0.141. The first-order chi connectivity index (χ1) is 6.65. The number of carbonyl (C=O) groups excluding carboxylic acids is 2. The number of carbonyl (C=O) groups is 2. The number of ketones is 1. The fraction of sp³-hybridized carbons (Fsp3) is 0.333. The predicted octanol–water partition coefficient (Wildman–Crippen LogP) is 2.65. The normalized spacial score (nSPS) is 9.86. The summed E-state index contributed by atoms with van der Waals surface area (Å²) in [6.45, 7) is 2.01. The largest absolute Gasteiger partial charge is 0.466 e. The molecule has 0 saturated heterocycles. The Bertz CT molecular complexity index is 346. The van der Waals surface area contributed by atoms with Crippen LogP contribution in [-0.4, -0.2) is 18.4 Å². The standard InChI is InChI=1S/C9H9BrO3S/c1-2-13-8(12)5-7(11)6-3-4-14-9(6)10/h3-4H,2,5H2,1H3. The lowest BCUT2D eigenvalue weighted by Gasteiger charge is -1.99. The maximum absolute atomic E-state index is 11.5. The van der Waals surface area contributed by atoms with Crippen molar-refractivity contribution in [1.82, 2.24) is 0 Å². The second-order valence-electron chi connectivity index (χ2n) is 2.51. The molecule has 76 valence electrons. The van der Waals surface area contributed by atoms with Crippen LogP contribution in [0.2, 0.25) is 0 Å². The van der Waals surface area contributed by atoms with Gasteiger partial charge in [-0.2, -0.15) is 0 Å². The lowest BCUT2D eigenvalue weighted by Crippen LogP contribution is -2.10. The van der Waals surface area contributed by atoms with Gasteiger partial charge in [-0.05, 0) is 34.3 Å². The Hall–Kier alpha value is -0.680. The summed E-state index contributed by atoms with van der Waals surface area (Å²) in [4.78, 5) is 22.5. The minimum atomic E-state index is -0.476. The highest BCUT2D eigenvalue weighted by Gasteiger charge is 2.15. The molecule has 0 amide bonds. The van der Waals surface area contributed by atoms with Crippen molar-refractivity contribution >= 4 is 39.0 Å². The summed E-state index contributed by atoms with van der Waals surface area (Å²) >= 11 is 4.66. The first-order valence-corrected chi connectivity index (χ1v) is 5.74. The van der Waals surface area contributed by atoms with E-state index in [1.54, 1.807) is 18.4 Å². The summed E-state index contributed by atoms with van der Waals surface area (Å²) < 4.78 is 5.44. The highest BCUT2D eigenvalue weighted by atomic mass is 79.9. The second-order valence-corrected chi connectivity index (χ2v) is 4.75. The van der Waals surface area contributed by atoms with Crippen LogP contribution >= 0.6 is 27.3 Å². The quantitative estimate of drug-likeness (QED) is 0.482. The highest BCUT2D eigenvalue weighted by molar-refractivity contribution is 9.11. The summed E-state index contributed by atoms with van der Waals surface area (Å²) in [7, 11) is 0. The molecule has 0 aliphatic rings. The van der Waals surface area contributed by atoms with Crippen molar-refractivity contribution in [2.45, 2.75) is 13.3 Å².